The van der Waals surface area contributed by atoms with Gasteiger partial charge in [0, 0.05) is 5.92 Å². The van der Waals surface area contributed by atoms with Crippen molar-refractivity contribution in [1.82, 2.24) is 9.97 Å². The van der Waals surface area contributed by atoms with E-state index in [1.807, 2.05) is 0 Å². The summed E-state index contributed by atoms with van der Waals surface area (Å²) >= 11 is 0. The number of benzene rings is 1. The molecule has 1 aliphatic rings. The van der Waals surface area contributed by atoms with Crippen LogP contribution in [-0.2, 0) is 0 Å². The summed E-state index contributed by atoms with van der Waals surface area (Å²) in [6, 6.07) is 4.92. The van der Waals surface area contributed by atoms with Gasteiger partial charge in [-0.1, -0.05) is 0 Å². The van der Waals surface area contributed by atoms with Crippen LogP contribution in [-0.4, -0.2) is 22.6 Å². The molecule has 0 aliphatic heterocycles. The fourth-order valence-electron chi connectivity index (χ4n) is 2.59. The van der Waals surface area contributed by atoms with Gasteiger partial charge in [-0.05, 0) is 44.0 Å². The molecule has 1 aromatic heterocycles. The number of hydrogen-bond donors (Lipinski definition) is 2. The van der Waals surface area contributed by atoms with Gasteiger partial charge in [-0.15, -0.1) is 0 Å². The number of rotatable bonds is 3. The third kappa shape index (κ3) is 2.06. The SMILES string of the molecule is NCC1CCCC1Oc1nc2ccc(F)cc2[nH]1. The zero-order valence-corrected chi connectivity index (χ0v) is 10.0. The molecule has 0 spiro atoms. The van der Waals surface area contributed by atoms with Crippen LogP contribution in [0.3, 0.4) is 0 Å². The van der Waals surface area contributed by atoms with Crippen molar-refractivity contribution in [2.24, 2.45) is 11.7 Å². The Morgan fingerprint density at radius 2 is 2.33 bits per heavy atom. The molecule has 2 atom stereocenters. The summed E-state index contributed by atoms with van der Waals surface area (Å²) in [5, 5.41) is 0. The molecule has 2 aromatic rings. The summed E-state index contributed by atoms with van der Waals surface area (Å²) < 4.78 is 18.9. The molecule has 1 heterocycles. The highest BCUT2D eigenvalue weighted by molar-refractivity contribution is 5.75. The maximum atomic E-state index is 13.1. The number of aromatic amines is 1. The molecule has 3 rings (SSSR count). The van der Waals surface area contributed by atoms with E-state index in [9.17, 15) is 4.39 Å². The Bertz CT molecular complexity index is 554. The van der Waals surface area contributed by atoms with Crippen molar-refractivity contribution in [2.75, 3.05) is 6.54 Å². The fraction of sp³-hybridized carbons (Fsp3) is 0.462. The Kier molecular flexibility index (Phi) is 2.91. The van der Waals surface area contributed by atoms with Gasteiger partial charge in [0.25, 0.3) is 6.01 Å². The van der Waals surface area contributed by atoms with Gasteiger partial charge >= 0.3 is 0 Å². The van der Waals surface area contributed by atoms with Gasteiger partial charge in [0.1, 0.15) is 11.9 Å². The maximum absolute atomic E-state index is 13.1. The minimum absolute atomic E-state index is 0.125. The molecule has 0 bridgehead atoms. The van der Waals surface area contributed by atoms with Crippen LogP contribution in [0.25, 0.3) is 11.0 Å². The van der Waals surface area contributed by atoms with Gasteiger partial charge in [0.15, 0.2) is 0 Å². The summed E-state index contributed by atoms with van der Waals surface area (Å²) in [4.78, 5) is 7.29. The number of fused-ring (bicyclic) bond motifs is 1. The van der Waals surface area contributed by atoms with Crippen molar-refractivity contribution < 1.29 is 9.13 Å². The van der Waals surface area contributed by atoms with Gasteiger partial charge in [-0.2, -0.15) is 4.98 Å². The molecule has 0 radical (unpaired) electrons. The van der Waals surface area contributed by atoms with E-state index in [0.29, 0.717) is 29.5 Å². The van der Waals surface area contributed by atoms with Crippen molar-refractivity contribution in [3.05, 3.63) is 24.0 Å². The van der Waals surface area contributed by atoms with Gasteiger partial charge in [0.05, 0.1) is 11.0 Å². The smallest absolute Gasteiger partial charge is 0.294 e. The number of ether oxygens (including phenoxy) is 1. The van der Waals surface area contributed by atoms with E-state index in [1.165, 1.54) is 12.1 Å². The van der Waals surface area contributed by atoms with Gasteiger partial charge in [-0.25, -0.2) is 4.39 Å². The highest BCUT2D eigenvalue weighted by Crippen LogP contribution is 2.28. The molecule has 96 valence electrons. The first-order valence-corrected chi connectivity index (χ1v) is 6.28. The lowest BCUT2D eigenvalue weighted by Gasteiger charge is -2.17. The van der Waals surface area contributed by atoms with Crippen LogP contribution in [0.5, 0.6) is 6.01 Å². The highest BCUT2D eigenvalue weighted by Gasteiger charge is 2.28. The number of nitrogens with two attached hydrogens (primary N) is 1. The standard InChI is InChI=1S/C13H16FN3O/c14-9-4-5-10-11(6-9)17-13(16-10)18-12-3-1-2-8(12)7-15/h4-6,8,12H,1-3,7,15H2,(H,16,17). The quantitative estimate of drug-likeness (QED) is 0.876. The number of aromatic nitrogens is 2. The molecule has 0 amide bonds. The lowest BCUT2D eigenvalue weighted by molar-refractivity contribution is 0.150. The Morgan fingerprint density at radius 3 is 3.17 bits per heavy atom. The number of nitrogens with one attached hydrogen (secondary N) is 1. The summed E-state index contributed by atoms with van der Waals surface area (Å²) in [6.45, 7) is 0.638. The molecule has 5 heteroatoms. The predicted molar refractivity (Wildman–Crippen MR) is 66.9 cm³/mol. The third-order valence-electron chi connectivity index (χ3n) is 3.58. The summed E-state index contributed by atoms with van der Waals surface area (Å²) in [5.41, 5.74) is 7.09. The van der Waals surface area contributed by atoms with E-state index >= 15 is 0 Å². The zero-order valence-electron chi connectivity index (χ0n) is 10.0. The first-order chi connectivity index (χ1) is 8.76. The van der Waals surface area contributed by atoms with E-state index in [2.05, 4.69) is 9.97 Å². The molecule has 1 fully saturated rings. The number of nitrogens with zero attached hydrogens (tertiary/aromatic N) is 1. The van der Waals surface area contributed by atoms with Crippen molar-refractivity contribution in [3.63, 3.8) is 0 Å². The second-order valence-corrected chi connectivity index (χ2v) is 4.79. The Hall–Kier alpha value is -1.62. The van der Waals surface area contributed by atoms with Crippen LogP contribution >= 0.6 is 0 Å². The normalized spacial score (nSPS) is 23.7. The third-order valence-corrected chi connectivity index (χ3v) is 3.58. The lowest BCUT2D eigenvalue weighted by Crippen LogP contribution is -2.27. The van der Waals surface area contributed by atoms with Crippen molar-refractivity contribution in [3.8, 4) is 6.01 Å². The number of H-pyrrole nitrogens is 1. The van der Waals surface area contributed by atoms with Crippen LogP contribution in [0, 0.1) is 11.7 Å². The zero-order chi connectivity index (χ0) is 12.5. The molecule has 1 aromatic carbocycles. The lowest BCUT2D eigenvalue weighted by atomic mass is 10.1. The molecular weight excluding hydrogens is 233 g/mol. The minimum atomic E-state index is -0.279. The summed E-state index contributed by atoms with van der Waals surface area (Å²) in [7, 11) is 0. The summed E-state index contributed by atoms with van der Waals surface area (Å²) in [6.07, 6.45) is 3.38. The van der Waals surface area contributed by atoms with Crippen molar-refractivity contribution in [2.45, 2.75) is 25.4 Å². The van der Waals surface area contributed by atoms with Crippen molar-refractivity contribution >= 4 is 11.0 Å². The molecule has 4 nitrogen and oxygen atoms in total. The molecule has 1 aliphatic carbocycles. The molecular formula is C13H16FN3O. The van der Waals surface area contributed by atoms with E-state index in [-0.39, 0.29) is 11.9 Å². The van der Waals surface area contributed by atoms with E-state index in [4.69, 9.17) is 10.5 Å². The topological polar surface area (TPSA) is 63.9 Å². The Morgan fingerprint density at radius 1 is 1.44 bits per heavy atom. The van der Waals surface area contributed by atoms with E-state index < -0.39 is 0 Å². The predicted octanol–water partition coefficient (Wildman–Crippen LogP) is 2.21. The fourth-order valence-corrected chi connectivity index (χ4v) is 2.59. The Balaban J connectivity index is 1.82. The number of halogens is 1. The maximum Gasteiger partial charge on any atom is 0.294 e. The van der Waals surface area contributed by atoms with Gasteiger partial charge < -0.3 is 15.5 Å². The monoisotopic (exact) mass is 249 g/mol. The minimum Gasteiger partial charge on any atom is -0.461 e. The number of hydrogen-bond acceptors (Lipinski definition) is 3. The van der Waals surface area contributed by atoms with Crippen LogP contribution < -0.4 is 10.5 Å². The molecule has 0 saturated heterocycles. The first kappa shape index (κ1) is 11.5. The summed E-state index contributed by atoms with van der Waals surface area (Å²) in [5.74, 6) is 0.119. The average Bonchev–Trinajstić information content (AvgIpc) is 2.94. The molecule has 1 saturated carbocycles. The second kappa shape index (κ2) is 4.57. The van der Waals surface area contributed by atoms with E-state index in [1.54, 1.807) is 6.07 Å². The van der Waals surface area contributed by atoms with Crippen molar-refractivity contribution in [1.29, 1.82) is 0 Å². The van der Waals surface area contributed by atoms with Crippen LogP contribution in [0.15, 0.2) is 18.2 Å². The molecule has 18 heavy (non-hydrogen) atoms. The largest absolute Gasteiger partial charge is 0.461 e. The molecule has 2 unspecified atom stereocenters. The second-order valence-electron chi connectivity index (χ2n) is 4.79. The van der Waals surface area contributed by atoms with Gasteiger partial charge in [-0.3, -0.25) is 0 Å². The Labute approximate surface area is 104 Å². The van der Waals surface area contributed by atoms with Crippen LogP contribution in [0.2, 0.25) is 0 Å². The highest BCUT2D eigenvalue weighted by atomic mass is 19.1. The first-order valence-electron chi connectivity index (χ1n) is 6.28. The van der Waals surface area contributed by atoms with Crippen LogP contribution in [0.4, 0.5) is 4.39 Å². The van der Waals surface area contributed by atoms with Crippen LogP contribution in [0.1, 0.15) is 19.3 Å². The average molecular weight is 249 g/mol. The van der Waals surface area contributed by atoms with E-state index in [0.717, 1.165) is 19.3 Å². The van der Waals surface area contributed by atoms with Gasteiger partial charge in [0.2, 0.25) is 0 Å². The molecule has 3 N–H and O–H groups in total. The number of imidazole rings is 1.